The first-order chi connectivity index (χ1) is 16.6. The number of amidine groups is 1. The molecule has 5 rings (SSSR count). The van der Waals surface area contributed by atoms with E-state index >= 15 is 0 Å². The van der Waals surface area contributed by atoms with Gasteiger partial charge in [0, 0.05) is 6.20 Å². The summed E-state index contributed by atoms with van der Waals surface area (Å²) in [4.78, 5) is 19.5. The summed E-state index contributed by atoms with van der Waals surface area (Å²) in [5.74, 6) is 0.400. The number of fused-ring (bicyclic) bond motifs is 2. The lowest BCUT2D eigenvalue weighted by atomic mass is 9.95. The SMILES string of the molecule is CCOC(=O)C1=C(C)N=C2SC=CN2[C@@H]1c1ccc(OCc2cccc3ccccc23)c(Br)c1. The zero-order chi connectivity index (χ0) is 23.7. The van der Waals surface area contributed by atoms with Gasteiger partial charge in [0.05, 0.1) is 28.4 Å². The van der Waals surface area contributed by atoms with Crippen LogP contribution >= 0.6 is 27.7 Å². The van der Waals surface area contributed by atoms with Crippen LogP contribution in [0.2, 0.25) is 0 Å². The Balaban J connectivity index is 1.43. The summed E-state index contributed by atoms with van der Waals surface area (Å²) in [6.45, 7) is 4.44. The van der Waals surface area contributed by atoms with Crippen LogP contribution in [0, 0.1) is 0 Å². The van der Waals surface area contributed by atoms with Crippen LogP contribution in [0.4, 0.5) is 0 Å². The van der Waals surface area contributed by atoms with E-state index in [1.54, 1.807) is 11.8 Å². The molecule has 0 fully saturated rings. The number of ether oxygens (including phenoxy) is 2. The molecule has 2 aliphatic rings. The smallest absolute Gasteiger partial charge is 0.338 e. The highest BCUT2D eigenvalue weighted by molar-refractivity contribution is 9.10. The first-order valence-electron chi connectivity index (χ1n) is 11.0. The molecule has 2 heterocycles. The maximum absolute atomic E-state index is 12.9. The zero-order valence-corrected chi connectivity index (χ0v) is 21.2. The number of nitrogens with zero attached hydrogens (tertiary/aromatic N) is 2. The van der Waals surface area contributed by atoms with Gasteiger partial charge in [0.15, 0.2) is 5.17 Å². The van der Waals surface area contributed by atoms with Crippen molar-refractivity contribution in [2.75, 3.05) is 6.61 Å². The molecular weight excluding hydrogens is 512 g/mol. The summed E-state index contributed by atoms with van der Waals surface area (Å²) in [5.41, 5.74) is 3.31. The molecule has 3 aromatic rings. The van der Waals surface area contributed by atoms with Crippen molar-refractivity contribution < 1.29 is 14.3 Å². The van der Waals surface area contributed by atoms with E-state index in [2.05, 4.69) is 51.3 Å². The van der Waals surface area contributed by atoms with Crippen molar-refractivity contribution in [3.8, 4) is 5.75 Å². The van der Waals surface area contributed by atoms with Gasteiger partial charge in [-0.25, -0.2) is 9.79 Å². The van der Waals surface area contributed by atoms with Gasteiger partial charge in [-0.05, 0) is 69.2 Å². The van der Waals surface area contributed by atoms with Crippen molar-refractivity contribution in [2.24, 2.45) is 4.99 Å². The molecule has 0 spiro atoms. The third-order valence-corrected chi connectivity index (χ3v) is 7.24. The van der Waals surface area contributed by atoms with E-state index in [0.717, 1.165) is 26.5 Å². The Morgan fingerprint density at radius 2 is 1.97 bits per heavy atom. The van der Waals surface area contributed by atoms with Crippen LogP contribution in [0.25, 0.3) is 10.8 Å². The van der Waals surface area contributed by atoms with Gasteiger partial charge < -0.3 is 14.4 Å². The monoisotopic (exact) mass is 534 g/mol. The van der Waals surface area contributed by atoms with Crippen LogP contribution in [0.3, 0.4) is 0 Å². The van der Waals surface area contributed by atoms with Crippen LogP contribution in [0.5, 0.6) is 5.75 Å². The Labute approximate surface area is 211 Å². The highest BCUT2D eigenvalue weighted by Crippen LogP contribution is 2.42. The predicted molar refractivity (Wildman–Crippen MR) is 141 cm³/mol. The van der Waals surface area contributed by atoms with Crippen LogP contribution in [0.1, 0.15) is 31.0 Å². The quantitative estimate of drug-likeness (QED) is 0.320. The molecule has 0 bridgehead atoms. The molecule has 0 unspecified atom stereocenters. The fraction of sp³-hybridized carbons (Fsp3) is 0.185. The molecule has 0 saturated heterocycles. The van der Waals surface area contributed by atoms with Crippen molar-refractivity contribution >= 4 is 49.6 Å². The highest BCUT2D eigenvalue weighted by atomic mass is 79.9. The normalized spacial score (nSPS) is 17.1. The minimum absolute atomic E-state index is 0.314. The third-order valence-electron chi connectivity index (χ3n) is 5.85. The molecule has 172 valence electrons. The minimum atomic E-state index is -0.342. The van der Waals surface area contributed by atoms with Crippen molar-refractivity contribution in [1.82, 2.24) is 4.90 Å². The molecule has 0 saturated carbocycles. The third kappa shape index (κ3) is 4.26. The summed E-state index contributed by atoms with van der Waals surface area (Å²) in [5, 5.41) is 5.20. The van der Waals surface area contributed by atoms with E-state index in [9.17, 15) is 4.79 Å². The Morgan fingerprint density at radius 3 is 2.79 bits per heavy atom. The average Bonchev–Trinajstić information content (AvgIpc) is 3.30. The Morgan fingerprint density at radius 1 is 1.15 bits per heavy atom. The van der Waals surface area contributed by atoms with Gasteiger partial charge in [-0.3, -0.25) is 0 Å². The van der Waals surface area contributed by atoms with E-state index in [0.29, 0.717) is 24.5 Å². The van der Waals surface area contributed by atoms with E-state index in [1.165, 1.54) is 10.8 Å². The molecule has 0 N–H and O–H groups in total. The Bertz CT molecular complexity index is 1360. The first kappa shape index (κ1) is 22.7. The van der Waals surface area contributed by atoms with Gasteiger partial charge in [0.25, 0.3) is 0 Å². The maximum Gasteiger partial charge on any atom is 0.338 e. The number of esters is 1. The summed E-state index contributed by atoms with van der Waals surface area (Å²) >= 11 is 5.23. The average molecular weight is 535 g/mol. The number of halogens is 1. The number of rotatable bonds is 6. The van der Waals surface area contributed by atoms with Crippen molar-refractivity contribution in [2.45, 2.75) is 26.5 Å². The van der Waals surface area contributed by atoms with Gasteiger partial charge in [0.1, 0.15) is 12.4 Å². The van der Waals surface area contributed by atoms with Crippen LogP contribution in [0.15, 0.2) is 93.0 Å². The number of hydrogen-bond donors (Lipinski definition) is 0. The van der Waals surface area contributed by atoms with Crippen LogP contribution in [-0.2, 0) is 16.1 Å². The van der Waals surface area contributed by atoms with Gasteiger partial charge in [-0.2, -0.15) is 0 Å². The lowest BCUT2D eigenvalue weighted by Gasteiger charge is -2.33. The summed E-state index contributed by atoms with van der Waals surface area (Å²) in [7, 11) is 0. The largest absolute Gasteiger partial charge is 0.488 e. The van der Waals surface area contributed by atoms with E-state index < -0.39 is 0 Å². The van der Waals surface area contributed by atoms with Gasteiger partial charge in [0.2, 0.25) is 0 Å². The number of allylic oxidation sites excluding steroid dienone is 1. The molecule has 5 nitrogen and oxygen atoms in total. The van der Waals surface area contributed by atoms with E-state index in [1.807, 2.05) is 60.7 Å². The number of benzene rings is 3. The molecule has 34 heavy (non-hydrogen) atoms. The first-order valence-corrected chi connectivity index (χ1v) is 12.7. The van der Waals surface area contributed by atoms with Gasteiger partial charge in [-0.1, -0.05) is 60.3 Å². The molecule has 3 aromatic carbocycles. The predicted octanol–water partition coefficient (Wildman–Crippen LogP) is 6.95. The van der Waals surface area contributed by atoms with E-state index in [4.69, 9.17) is 9.47 Å². The molecule has 7 heteroatoms. The number of carbonyl (C=O) groups excluding carboxylic acids is 1. The minimum Gasteiger partial charge on any atom is -0.488 e. The second-order valence-corrected chi connectivity index (χ2v) is 9.67. The van der Waals surface area contributed by atoms with E-state index in [-0.39, 0.29) is 12.0 Å². The molecule has 0 amide bonds. The number of thioether (sulfide) groups is 1. The number of hydrogen-bond acceptors (Lipinski definition) is 6. The van der Waals surface area contributed by atoms with Crippen molar-refractivity contribution in [1.29, 1.82) is 0 Å². The molecular formula is C27H23BrN2O3S. The highest BCUT2D eigenvalue weighted by Gasteiger charge is 2.37. The Hall–Kier alpha value is -3.03. The van der Waals surface area contributed by atoms with Crippen molar-refractivity contribution in [3.63, 3.8) is 0 Å². The number of aliphatic imine (C=N–C) groups is 1. The van der Waals surface area contributed by atoms with Gasteiger partial charge >= 0.3 is 5.97 Å². The molecule has 1 atom stereocenters. The Kier molecular flexibility index (Phi) is 6.48. The van der Waals surface area contributed by atoms with Crippen molar-refractivity contribution in [3.05, 3.63) is 99.1 Å². The number of carbonyl (C=O) groups is 1. The molecule has 0 aliphatic carbocycles. The molecule has 0 aromatic heterocycles. The standard InChI is InChI=1S/C27H23BrN2O3S/c1-3-32-26(31)24-17(2)29-27-30(13-14-34-27)25(24)19-11-12-23(22(28)15-19)33-16-20-9-6-8-18-7-4-5-10-21(18)20/h4-15,25H,3,16H2,1-2H3/t25-/m1/s1. The maximum atomic E-state index is 12.9. The molecule has 0 radical (unpaired) electrons. The molecule has 2 aliphatic heterocycles. The summed E-state index contributed by atoms with van der Waals surface area (Å²) in [6.07, 6.45) is 1.96. The fourth-order valence-corrected chi connectivity index (χ4v) is 5.58. The fourth-order valence-electron chi connectivity index (χ4n) is 4.28. The second-order valence-electron chi connectivity index (χ2n) is 7.94. The topological polar surface area (TPSA) is 51.1 Å². The lowest BCUT2D eigenvalue weighted by molar-refractivity contribution is -0.139. The zero-order valence-electron chi connectivity index (χ0n) is 18.8. The van der Waals surface area contributed by atoms with Crippen LogP contribution < -0.4 is 4.74 Å². The van der Waals surface area contributed by atoms with Crippen LogP contribution in [-0.4, -0.2) is 22.6 Å². The summed E-state index contributed by atoms with van der Waals surface area (Å²) < 4.78 is 12.4. The summed E-state index contributed by atoms with van der Waals surface area (Å²) in [6, 6.07) is 20.2. The second kappa shape index (κ2) is 9.68. The van der Waals surface area contributed by atoms with Gasteiger partial charge in [-0.15, -0.1) is 0 Å². The lowest BCUT2D eigenvalue weighted by Crippen LogP contribution is -2.34.